The summed E-state index contributed by atoms with van der Waals surface area (Å²) in [4.78, 5) is 23.9. The van der Waals surface area contributed by atoms with Gasteiger partial charge in [0.1, 0.15) is 5.76 Å². The number of nitrogens with one attached hydrogen (secondary N) is 2. The molecule has 0 bridgehead atoms. The van der Waals surface area contributed by atoms with E-state index >= 15 is 0 Å². The van der Waals surface area contributed by atoms with E-state index in [2.05, 4.69) is 15.8 Å². The van der Waals surface area contributed by atoms with Crippen molar-refractivity contribution < 1.29 is 19.2 Å². The van der Waals surface area contributed by atoms with Crippen LogP contribution in [0, 0.1) is 6.92 Å². The van der Waals surface area contributed by atoms with Crippen LogP contribution in [0.25, 0.3) is 0 Å². The number of aryl methyl sites for hydroxylation is 2. The van der Waals surface area contributed by atoms with Crippen molar-refractivity contribution >= 4 is 35.1 Å². The number of aliphatic hydroxyl groups excluding tert-OH is 1. The second-order valence-corrected chi connectivity index (χ2v) is 8.06. The van der Waals surface area contributed by atoms with Crippen LogP contribution < -0.4 is 10.6 Å². The minimum absolute atomic E-state index is 0.141. The monoisotopic (exact) mass is 439 g/mol. The highest BCUT2D eigenvalue weighted by molar-refractivity contribution is 8.00. The quantitative estimate of drug-likeness (QED) is 0.442. The Morgan fingerprint density at radius 2 is 1.71 bits per heavy atom. The Balaban J connectivity index is 1.36. The van der Waals surface area contributed by atoms with Gasteiger partial charge in [-0.05, 0) is 43.0 Å². The molecule has 0 aliphatic carbocycles. The minimum Gasteiger partial charge on any atom is -0.388 e. The normalized spacial score (nSPS) is 11.7. The number of hydrogen-bond acceptors (Lipinski definition) is 6. The van der Waals surface area contributed by atoms with Gasteiger partial charge in [0.05, 0.1) is 17.6 Å². The third-order valence-electron chi connectivity index (χ3n) is 4.49. The molecular formula is C23H25N3O4S. The lowest BCUT2D eigenvalue weighted by molar-refractivity contribution is -0.114. The van der Waals surface area contributed by atoms with Crippen LogP contribution in [0.4, 0.5) is 11.5 Å². The number of hydrogen-bond donors (Lipinski definition) is 3. The van der Waals surface area contributed by atoms with E-state index < -0.39 is 6.10 Å². The summed E-state index contributed by atoms with van der Waals surface area (Å²) < 4.78 is 4.88. The topological polar surface area (TPSA) is 104 Å². The zero-order chi connectivity index (χ0) is 22.1. The van der Waals surface area contributed by atoms with Crippen molar-refractivity contribution in [2.75, 3.05) is 22.1 Å². The molecule has 2 amide bonds. The maximum Gasteiger partial charge on any atom is 0.235 e. The van der Waals surface area contributed by atoms with Gasteiger partial charge in [0.15, 0.2) is 5.82 Å². The van der Waals surface area contributed by atoms with Gasteiger partial charge >= 0.3 is 0 Å². The zero-order valence-electron chi connectivity index (χ0n) is 17.2. The first-order chi connectivity index (χ1) is 15.0. The zero-order valence-corrected chi connectivity index (χ0v) is 18.0. The first-order valence-corrected chi connectivity index (χ1v) is 11.1. The van der Waals surface area contributed by atoms with Gasteiger partial charge < -0.3 is 20.3 Å². The number of benzene rings is 2. The summed E-state index contributed by atoms with van der Waals surface area (Å²) in [5, 5.41) is 19.4. The Morgan fingerprint density at radius 1 is 1.03 bits per heavy atom. The number of aromatic nitrogens is 1. The molecule has 0 radical (unpaired) electrons. The van der Waals surface area contributed by atoms with E-state index in [1.807, 2.05) is 54.6 Å². The molecule has 3 aromatic rings. The standard InChI is InChI=1S/C23H25N3O4S/c1-16-13-21(26-30-16)25-23(29)15-31-14-22(28)24-19-10-7-17(8-11-19)9-12-20(27)18-5-3-2-4-6-18/h2-8,10-11,13,20,27H,9,12,14-15H2,1H3,(H,24,28)(H,25,26,29). The highest BCUT2D eigenvalue weighted by atomic mass is 32.2. The molecule has 0 aliphatic rings. The van der Waals surface area contributed by atoms with Crippen LogP contribution in [-0.4, -0.2) is 33.6 Å². The molecule has 3 N–H and O–H groups in total. The molecule has 2 aromatic carbocycles. The summed E-state index contributed by atoms with van der Waals surface area (Å²) >= 11 is 1.22. The van der Waals surface area contributed by atoms with Crippen LogP contribution in [0.5, 0.6) is 0 Å². The number of carbonyl (C=O) groups is 2. The Bertz CT molecular complexity index is 990. The van der Waals surface area contributed by atoms with Gasteiger partial charge in [0.25, 0.3) is 0 Å². The lowest BCUT2D eigenvalue weighted by atomic mass is 10.0. The van der Waals surface area contributed by atoms with Crippen molar-refractivity contribution in [2.45, 2.75) is 25.9 Å². The van der Waals surface area contributed by atoms with Gasteiger partial charge in [0, 0.05) is 11.8 Å². The third kappa shape index (κ3) is 7.58. The lowest BCUT2D eigenvalue weighted by Gasteiger charge is -2.11. The summed E-state index contributed by atoms with van der Waals surface area (Å²) in [6.45, 7) is 1.74. The molecule has 1 atom stereocenters. The van der Waals surface area contributed by atoms with Crippen molar-refractivity contribution in [1.82, 2.24) is 5.16 Å². The van der Waals surface area contributed by atoms with Crippen LogP contribution in [0.3, 0.4) is 0 Å². The minimum atomic E-state index is -0.497. The number of thioether (sulfide) groups is 1. The molecular weight excluding hydrogens is 414 g/mol. The van der Waals surface area contributed by atoms with Crippen molar-refractivity contribution in [3.8, 4) is 0 Å². The smallest absolute Gasteiger partial charge is 0.235 e. The van der Waals surface area contributed by atoms with Crippen LogP contribution in [-0.2, 0) is 16.0 Å². The third-order valence-corrected chi connectivity index (χ3v) is 5.42. The molecule has 31 heavy (non-hydrogen) atoms. The van der Waals surface area contributed by atoms with Crippen LogP contribution in [0.2, 0.25) is 0 Å². The fourth-order valence-corrected chi connectivity index (χ4v) is 3.55. The fourth-order valence-electron chi connectivity index (χ4n) is 2.94. The van der Waals surface area contributed by atoms with E-state index in [0.29, 0.717) is 23.7 Å². The van der Waals surface area contributed by atoms with Crippen molar-refractivity contribution in [1.29, 1.82) is 0 Å². The SMILES string of the molecule is Cc1cc(NC(=O)CSCC(=O)Nc2ccc(CCC(O)c3ccccc3)cc2)no1. The predicted molar refractivity (Wildman–Crippen MR) is 122 cm³/mol. The summed E-state index contributed by atoms with van der Waals surface area (Å²) in [5.41, 5.74) is 2.69. The predicted octanol–water partition coefficient (Wildman–Crippen LogP) is 3.96. The van der Waals surface area contributed by atoms with E-state index in [4.69, 9.17) is 4.52 Å². The number of aliphatic hydroxyl groups is 1. The Kier molecular flexibility index (Phi) is 8.26. The Morgan fingerprint density at radius 3 is 2.35 bits per heavy atom. The van der Waals surface area contributed by atoms with E-state index in [1.165, 1.54) is 11.8 Å². The number of anilines is 2. The summed E-state index contributed by atoms with van der Waals surface area (Å²) in [7, 11) is 0. The molecule has 162 valence electrons. The van der Waals surface area contributed by atoms with Gasteiger partial charge in [-0.3, -0.25) is 9.59 Å². The van der Waals surface area contributed by atoms with Crippen LogP contribution in [0.15, 0.2) is 65.2 Å². The average molecular weight is 440 g/mol. The van der Waals surface area contributed by atoms with Gasteiger partial charge in [-0.25, -0.2) is 0 Å². The highest BCUT2D eigenvalue weighted by Gasteiger charge is 2.10. The Hall–Kier alpha value is -3.10. The van der Waals surface area contributed by atoms with Crippen molar-refractivity contribution in [2.24, 2.45) is 0 Å². The van der Waals surface area contributed by atoms with E-state index in [0.717, 1.165) is 17.5 Å². The number of amides is 2. The molecule has 0 fully saturated rings. The number of nitrogens with zero attached hydrogens (tertiary/aromatic N) is 1. The molecule has 8 heteroatoms. The maximum atomic E-state index is 12.1. The summed E-state index contributed by atoms with van der Waals surface area (Å²) in [6, 6.07) is 18.8. The molecule has 3 rings (SSSR count). The Labute approximate surface area is 185 Å². The molecule has 0 aliphatic heterocycles. The molecule has 7 nitrogen and oxygen atoms in total. The molecule has 1 heterocycles. The summed E-state index contributed by atoms with van der Waals surface area (Å²) in [5.74, 6) is 0.860. The average Bonchev–Trinajstić information content (AvgIpc) is 3.18. The number of carbonyl (C=O) groups excluding carboxylic acids is 2. The second-order valence-electron chi connectivity index (χ2n) is 7.07. The van der Waals surface area contributed by atoms with Crippen LogP contribution in [0.1, 0.15) is 29.4 Å². The van der Waals surface area contributed by atoms with Gasteiger partial charge in [0.2, 0.25) is 11.8 Å². The van der Waals surface area contributed by atoms with E-state index in [9.17, 15) is 14.7 Å². The fraction of sp³-hybridized carbons (Fsp3) is 0.261. The molecule has 0 spiro atoms. The van der Waals surface area contributed by atoms with Crippen molar-refractivity contribution in [3.05, 3.63) is 77.6 Å². The second kappa shape index (κ2) is 11.3. The first-order valence-electron chi connectivity index (χ1n) is 9.92. The van der Waals surface area contributed by atoms with Gasteiger partial charge in [-0.15, -0.1) is 11.8 Å². The number of rotatable bonds is 10. The van der Waals surface area contributed by atoms with E-state index in [-0.39, 0.29) is 23.3 Å². The summed E-state index contributed by atoms with van der Waals surface area (Å²) in [6.07, 6.45) is 0.867. The molecule has 1 unspecified atom stereocenters. The molecule has 0 saturated carbocycles. The van der Waals surface area contributed by atoms with Gasteiger partial charge in [-0.2, -0.15) is 0 Å². The molecule has 0 saturated heterocycles. The van der Waals surface area contributed by atoms with Crippen molar-refractivity contribution in [3.63, 3.8) is 0 Å². The first kappa shape index (κ1) is 22.6. The largest absolute Gasteiger partial charge is 0.388 e. The molecule has 1 aromatic heterocycles. The van der Waals surface area contributed by atoms with Crippen LogP contribution >= 0.6 is 11.8 Å². The lowest BCUT2D eigenvalue weighted by Crippen LogP contribution is -2.18. The van der Waals surface area contributed by atoms with E-state index in [1.54, 1.807) is 13.0 Å². The highest BCUT2D eigenvalue weighted by Crippen LogP contribution is 2.20. The van der Waals surface area contributed by atoms with Gasteiger partial charge in [-0.1, -0.05) is 47.6 Å². The maximum absolute atomic E-state index is 12.1.